The van der Waals surface area contributed by atoms with Crippen molar-refractivity contribution in [3.63, 3.8) is 0 Å². The van der Waals surface area contributed by atoms with Crippen LogP contribution in [0.3, 0.4) is 0 Å². The monoisotopic (exact) mass is 461 g/mol. The first-order valence-corrected chi connectivity index (χ1v) is 12.0. The van der Waals surface area contributed by atoms with Gasteiger partial charge in [0.1, 0.15) is 11.2 Å². The van der Waals surface area contributed by atoms with Gasteiger partial charge in [-0.05, 0) is 81.7 Å². The molecular formula is C30H28BNO3. The van der Waals surface area contributed by atoms with Crippen molar-refractivity contribution in [1.29, 1.82) is 0 Å². The van der Waals surface area contributed by atoms with E-state index in [1.54, 1.807) is 0 Å². The van der Waals surface area contributed by atoms with Crippen molar-refractivity contribution < 1.29 is 13.7 Å². The van der Waals surface area contributed by atoms with Gasteiger partial charge in [-0.1, -0.05) is 48.5 Å². The lowest BCUT2D eigenvalue weighted by Crippen LogP contribution is -2.41. The van der Waals surface area contributed by atoms with E-state index in [9.17, 15) is 0 Å². The van der Waals surface area contributed by atoms with Crippen molar-refractivity contribution in [3.8, 4) is 0 Å². The normalized spacial score (nSPS) is 16.7. The fourth-order valence-electron chi connectivity index (χ4n) is 4.65. The Bertz CT molecular complexity index is 1450. The molecule has 5 heteroatoms. The van der Waals surface area contributed by atoms with Crippen LogP contribution >= 0.6 is 0 Å². The number of rotatable bonds is 4. The van der Waals surface area contributed by atoms with Crippen LogP contribution in [0.25, 0.3) is 21.9 Å². The van der Waals surface area contributed by atoms with Crippen molar-refractivity contribution in [2.24, 2.45) is 0 Å². The van der Waals surface area contributed by atoms with Gasteiger partial charge in [-0.25, -0.2) is 0 Å². The fourth-order valence-corrected chi connectivity index (χ4v) is 4.65. The van der Waals surface area contributed by atoms with Gasteiger partial charge in [0.25, 0.3) is 0 Å². The first-order valence-electron chi connectivity index (χ1n) is 12.0. The molecule has 4 aromatic carbocycles. The molecule has 1 aliphatic rings. The third kappa shape index (κ3) is 3.72. The van der Waals surface area contributed by atoms with E-state index in [4.69, 9.17) is 13.7 Å². The number of hydrogen-bond donors (Lipinski definition) is 0. The Hall–Kier alpha value is -3.54. The number of nitrogens with zero attached hydrogens (tertiary/aromatic N) is 1. The van der Waals surface area contributed by atoms with Crippen LogP contribution in [0.2, 0.25) is 0 Å². The molecule has 0 bridgehead atoms. The zero-order valence-electron chi connectivity index (χ0n) is 20.5. The molecule has 0 N–H and O–H groups in total. The number of benzene rings is 4. The maximum absolute atomic E-state index is 6.30. The third-order valence-corrected chi connectivity index (χ3v) is 7.29. The van der Waals surface area contributed by atoms with Crippen LogP contribution in [0.5, 0.6) is 0 Å². The summed E-state index contributed by atoms with van der Waals surface area (Å²) in [4.78, 5) is 2.26. The second kappa shape index (κ2) is 8.01. The van der Waals surface area contributed by atoms with Crippen molar-refractivity contribution in [2.45, 2.75) is 38.9 Å². The summed E-state index contributed by atoms with van der Waals surface area (Å²) in [6.45, 7) is 8.30. The van der Waals surface area contributed by atoms with E-state index >= 15 is 0 Å². The fraction of sp³-hybridized carbons (Fsp3) is 0.200. The summed E-state index contributed by atoms with van der Waals surface area (Å²) in [5, 5.41) is 2.11. The van der Waals surface area contributed by atoms with Gasteiger partial charge in [0.15, 0.2) is 0 Å². The van der Waals surface area contributed by atoms with Gasteiger partial charge in [-0.2, -0.15) is 0 Å². The summed E-state index contributed by atoms with van der Waals surface area (Å²) in [5.41, 5.74) is 5.20. The smallest absolute Gasteiger partial charge is 0.456 e. The van der Waals surface area contributed by atoms with Crippen LogP contribution in [-0.4, -0.2) is 18.3 Å². The van der Waals surface area contributed by atoms with Crippen molar-refractivity contribution in [3.05, 3.63) is 97.1 Å². The minimum Gasteiger partial charge on any atom is -0.456 e. The predicted octanol–water partition coefficient (Wildman–Crippen LogP) is 7.36. The molecule has 4 nitrogen and oxygen atoms in total. The molecule has 1 aliphatic heterocycles. The van der Waals surface area contributed by atoms with Crippen LogP contribution in [0, 0.1) is 0 Å². The SMILES string of the molecule is CC1(C)OB(c2ccc3oc4ccc(N(c5ccccc5)c5ccccc5)cc4c3c2)OC1(C)C. The third-order valence-electron chi connectivity index (χ3n) is 7.29. The molecule has 0 aliphatic carbocycles. The Morgan fingerprint density at radius 3 is 1.66 bits per heavy atom. The van der Waals surface area contributed by atoms with Gasteiger partial charge in [0.05, 0.1) is 11.2 Å². The maximum atomic E-state index is 6.30. The predicted molar refractivity (Wildman–Crippen MR) is 144 cm³/mol. The highest BCUT2D eigenvalue weighted by atomic mass is 16.7. The number of fused-ring (bicyclic) bond motifs is 3. The van der Waals surface area contributed by atoms with E-state index in [1.807, 2.05) is 24.3 Å². The van der Waals surface area contributed by atoms with Gasteiger partial charge < -0.3 is 18.6 Å². The molecule has 174 valence electrons. The Morgan fingerprint density at radius 1 is 0.571 bits per heavy atom. The Kier molecular flexibility index (Phi) is 5.03. The second-order valence-electron chi connectivity index (χ2n) is 10.1. The highest BCUT2D eigenvalue weighted by Gasteiger charge is 2.51. The summed E-state index contributed by atoms with van der Waals surface area (Å²) in [5.74, 6) is 0. The highest BCUT2D eigenvalue weighted by molar-refractivity contribution is 6.62. The molecule has 6 rings (SSSR count). The first-order chi connectivity index (χ1) is 16.8. The lowest BCUT2D eigenvalue weighted by molar-refractivity contribution is 0.00578. The van der Waals surface area contributed by atoms with Crippen LogP contribution < -0.4 is 10.4 Å². The van der Waals surface area contributed by atoms with Crippen LogP contribution in [0.4, 0.5) is 17.1 Å². The molecule has 0 atom stereocenters. The summed E-state index contributed by atoms with van der Waals surface area (Å²) in [6, 6.07) is 33.4. The summed E-state index contributed by atoms with van der Waals surface area (Å²) in [6.07, 6.45) is 0. The Morgan fingerprint density at radius 2 is 1.09 bits per heavy atom. The summed E-state index contributed by atoms with van der Waals surface area (Å²) < 4.78 is 18.8. The lowest BCUT2D eigenvalue weighted by Gasteiger charge is -2.32. The zero-order chi connectivity index (χ0) is 24.2. The molecule has 0 amide bonds. The summed E-state index contributed by atoms with van der Waals surface area (Å²) >= 11 is 0. The Labute approximate surface area is 206 Å². The van der Waals surface area contributed by atoms with Crippen molar-refractivity contribution in [1.82, 2.24) is 0 Å². The van der Waals surface area contributed by atoms with Gasteiger partial charge in [0, 0.05) is 27.8 Å². The lowest BCUT2D eigenvalue weighted by atomic mass is 9.78. The van der Waals surface area contributed by atoms with Gasteiger partial charge >= 0.3 is 7.12 Å². The standard InChI is InChI=1S/C30H28BNO3/c1-29(2)30(3,4)35-31(34-29)21-15-17-27-25(19-21)26-20-24(16-18-28(26)33-27)32(22-11-7-5-8-12-22)23-13-9-6-10-14-23/h5-20H,1-4H3. The van der Waals surface area contributed by atoms with Gasteiger partial charge in [-0.15, -0.1) is 0 Å². The molecule has 1 fully saturated rings. The zero-order valence-corrected chi connectivity index (χ0v) is 20.5. The van der Waals surface area contributed by atoms with Crippen molar-refractivity contribution in [2.75, 3.05) is 4.90 Å². The average Bonchev–Trinajstić information content (AvgIpc) is 3.32. The number of para-hydroxylation sites is 2. The summed E-state index contributed by atoms with van der Waals surface area (Å²) in [7, 11) is -0.414. The molecular weight excluding hydrogens is 433 g/mol. The van der Waals surface area contributed by atoms with Gasteiger partial charge in [0.2, 0.25) is 0 Å². The second-order valence-corrected chi connectivity index (χ2v) is 10.1. The van der Waals surface area contributed by atoms with E-state index in [0.717, 1.165) is 44.5 Å². The van der Waals surface area contributed by atoms with Crippen molar-refractivity contribution >= 4 is 51.6 Å². The maximum Gasteiger partial charge on any atom is 0.494 e. The molecule has 0 spiro atoms. The topological polar surface area (TPSA) is 34.8 Å². The average molecular weight is 461 g/mol. The van der Waals surface area contributed by atoms with Crippen LogP contribution in [0.1, 0.15) is 27.7 Å². The largest absolute Gasteiger partial charge is 0.494 e. The molecule has 2 heterocycles. The van der Waals surface area contributed by atoms with Crippen LogP contribution in [-0.2, 0) is 9.31 Å². The van der Waals surface area contributed by atoms with E-state index in [2.05, 4.69) is 105 Å². The molecule has 0 saturated carbocycles. The Balaban J connectivity index is 1.47. The molecule has 0 radical (unpaired) electrons. The number of furan rings is 1. The molecule has 1 aromatic heterocycles. The first kappa shape index (κ1) is 22.0. The van der Waals surface area contributed by atoms with E-state index in [1.165, 1.54) is 0 Å². The van der Waals surface area contributed by atoms with E-state index in [-0.39, 0.29) is 11.2 Å². The highest BCUT2D eigenvalue weighted by Crippen LogP contribution is 2.39. The molecule has 5 aromatic rings. The quantitative estimate of drug-likeness (QED) is 0.262. The van der Waals surface area contributed by atoms with E-state index in [0.29, 0.717) is 0 Å². The van der Waals surface area contributed by atoms with Crippen LogP contribution in [0.15, 0.2) is 101 Å². The minimum absolute atomic E-state index is 0.385. The molecule has 35 heavy (non-hydrogen) atoms. The van der Waals surface area contributed by atoms with Gasteiger partial charge in [-0.3, -0.25) is 0 Å². The number of hydrogen-bond acceptors (Lipinski definition) is 4. The molecule has 1 saturated heterocycles. The minimum atomic E-state index is -0.414. The molecule has 0 unspecified atom stereocenters. The van der Waals surface area contributed by atoms with E-state index < -0.39 is 7.12 Å². The number of anilines is 3.